The van der Waals surface area contributed by atoms with E-state index in [2.05, 4.69) is 157 Å². The summed E-state index contributed by atoms with van der Waals surface area (Å²) in [5, 5.41) is 0. The first-order valence-electron chi connectivity index (χ1n) is 14.3. The molecule has 3 heteroatoms. The van der Waals surface area contributed by atoms with Crippen molar-refractivity contribution in [3.8, 4) is 11.1 Å². The van der Waals surface area contributed by atoms with E-state index in [4.69, 9.17) is 0 Å². The molecule has 5 aromatic carbocycles. The summed E-state index contributed by atoms with van der Waals surface area (Å²) >= 11 is 1.46. The minimum atomic E-state index is 0. The van der Waals surface area contributed by atoms with Crippen LogP contribution in [0.5, 0.6) is 0 Å². The number of hydrogen-bond acceptors (Lipinski definition) is 0. The van der Waals surface area contributed by atoms with E-state index < -0.39 is 0 Å². The predicted octanol–water partition coefficient (Wildman–Crippen LogP) is 4.14. The van der Waals surface area contributed by atoms with Gasteiger partial charge in [0.15, 0.2) is 0 Å². The first kappa shape index (κ1) is 35.8. The molecule has 0 atom stereocenters. The van der Waals surface area contributed by atoms with Gasteiger partial charge in [0.2, 0.25) is 0 Å². The van der Waals surface area contributed by atoms with Crippen LogP contribution < -0.4 is 24.8 Å². The molecular weight excluding hydrogens is 631 g/mol. The van der Waals surface area contributed by atoms with Gasteiger partial charge in [-0.2, -0.15) is 53.1 Å². The summed E-state index contributed by atoms with van der Waals surface area (Å²) < 4.78 is 1.42. The predicted molar refractivity (Wildman–Crippen MR) is 169 cm³/mol. The maximum absolute atomic E-state index is 3.62. The topological polar surface area (TPSA) is 0 Å². The molecule has 5 aromatic rings. The molecule has 1 aliphatic rings. The summed E-state index contributed by atoms with van der Waals surface area (Å²) in [4.78, 5) is 0. The zero-order chi connectivity index (χ0) is 28.6. The third-order valence-electron chi connectivity index (χ3n) is 7.56. The number of rotatable bonds is 4. The van der Waals surface area contributed by atoms with Crippen LogP contribution >= 0.6 is 0 Å². The average molecular weight is 671 g/mol. The molecule has 0 amide bonds. The molecule has 0 aromatic heterocycles. The third kappa shape index (κ3) is 9.28. The van der Waals surface area contributed by atoms with E-state index in [1.165, 1.54) is 83.1 Å². The number of benzene rings is 4. The molecule has 0 aliphatic heterocycles. The van der Waals surface area contributed by atoms with Crippen LogP contribution in [0.2, 0.25) is 0 Å². The molecule has 0 N–H and O–H groups in total. The Hall–Kier alpha value is -2.44. The van der Waals surface area contributed by atoms with Crippen molar-refractivity contribution in [2.45, 2.75) is 59.8 Å². The van der Waals surface area contributed by atoms with Gasteiger partial charge in [-0.25, -0.2) is 0 Å². The Morgan fingerprint density at radius 3 is 1.67 bits per heavy atom. The number of hydrogen-bond donors (Lipinski definition) is 0. The average Bonchev–Trinajstić information content (AvgIpc) is 3.54. The third-order valence-corrected chi connectivity index (χ3v) is 8.98. The van der Waals surface area contributed by atoms with Crippen molar-refractivity contribution in [1.82, 2.24) is 0 Å². The second-order valence-electron chi connectivity index (χ2n) is 11.2. The Bertz CT molecular complexity index is 1430. The van der Waals surface area contributed by atoms with Crippen LogP contribution in [0.15, 0.2) is 109 Å². The molecule has 0 nitrogen and oxygen atoms in total. The summed E-state index contributed by atoms with van der Waals surface area (Å²) in [5.74, 6) is 1.16. The summed E-state index contributed by atoms with van der Waals surface area (Å²) in [5.41, 5.74) is 13.8. The van der Waals surface area contributed by atoms with Crippen molar-refractivity contribution in [3.05, 3.63) is 160 Å². The van der Waals surface area contributed by atoms with E-state index in [1.54, 1.807) is 0 Å². The molecule has 42 heavy (non-hydrogen) atoms. The fourth-order valence-electron chi connectivity index (χ4n) is 4.83. The molecule has 216 valence electrons. The minimum absolute atomic E-state index is 0. The van der Waals surface area contributed by atoms with Crippen molar-refractivity contribution in [2.75, 3.05) is 0 Å². The molecule has 0 radical (unpaired) electrons. The van der Waals surface area contributed by atoms with Gasteiger partial charge in [0.25, 0.3) is 0 Å². The van der Waals surface area contributed by atoms with Gasteiger partial charge in [-0.3, -0.25) is 0 Å². The first-order chi connectivity index (χ1) is 19.2. The summed E-state index contributed by atoms with van der Waals surface area (Å²) in [6, 6.07) is 42.5. The second kappa shape index (κ2) is 17.0. The Labute approximate surface area is 281 Å². The molecule has 6 rings (SSSR count). The van der Waals surface area contributed by atoms with E-state index in [0.717, 1.165) is 6.42 Å². The van der Waals surface area contributed by atoms with Gasteiger partial charge in [0.05, 0.1) is 0 Å². The Morgan fingerprint density at radius 1 is 0.690 bits per heavy atom. The van der Waals surface area contributed by atoms with Gasteiger partial charge in [0.1, 0.15) is 0 Å². The van der Waals surface area contributed by atoms with Crippen molar-refractivity contribution in [2.24, 2.45) is 0 Å². The normalized spacial score (nSPS) is 10.7. The molecule has 0 bridgehead atoms. The van der Waals surface area contributed by atoms with E-state index in [-0.39, 0.29) is 24.8 Å². The van der Waals surface area contributed by atoms with Crippen molar-refractivity contribution >= 4 is 3.21 Å². The van der Waals surface area contributed by atoms with Crippen LogP contribution in [0.4, 0.5) is 0 Å². The van der Waals surface area contributed by atoms with E-state index in [0.29, 0.717) is 11.8 Å². The Morgan fingerprint density at radius 2 is 1.21 bits per heavy atom. The molecule has 0 heterocycles. The Kier molecular flexibility index (Phi) is 14.5. The molecular formula is C39H40Cl2Zr-2. The van der Waals surface area contributed by atoms with Crippen LogP contribution in [0.3, 0.4) is 0 Å². The fraction of sp³-hybridized carbons (Fsp3) is 0.231. The Balaban J connectivity index is 0.000000236. The van der Waals surface area contributed by atoms with Gasteiger partial charge < -0.3 is 24.8 Å². The first-order valence-corrected chi connectivity index (χ1v) is 15.5. The van der Waals surface area contributed by atoms with Crippen molar-refractivity contribution in [1.29, 1.82) is 0 Å². The van der Waals surface area contributed by atoms with Crippen molar-refractivity contribution < 1.29 is 49.0 Å². The monoisotopic (exact) mass is 668 g/mol. The zero-order valence-corrected chi connectivity index (χ0v) is 29.5. The van der Waals surface area contributed by atoms with Crippen LogP contribution in [-0.2, 0) is 30.7 Å². The molecule has 0 saturated heterocycles. The van der Waals surface area contributed by atoms with E-state index in [1.807, 2.05) is 0 Å². The second-order valence-corrected chi connectivity index (χ2v) is 12.4. The molecule has 1 aliphatic carbocycles. The summed E-state index contributed by atoms with van der Waals surface area (Å²) in [6.45, 7) is 13.2. The van der Waals surface area contributed by atoms with Gasteiger partial charge in [-0.1, -0.05) is 65.3 Å². The summed E-state index contributed by atoms with van der Waals surface area (Å²) in [6.07, 6.45) is 1.05. The molecule has 0 unspecified atom stereocenters. The van der Waals surface area contributed by atoms with E-state index >= 15 is 0 Å². The molecule has 0 fully saturated rings. The van der Waals surface area contributed by atoms with Gasteiger partial charge in [-0.15, -0.1) is 11.1 Å². The zero-order valence-electron chi connectivity index (χ0n) is 25.5. The number of fused-ring (bicyclic) bond motifs is 3. The van der Waals surface area contributed by atoms with Gasteiger partial charge in [-0.05, 0) is 29.4 Å². The standard InChI is InChI=1S/C19H21.C13H10.C7H9.2ClH.Zr/c1-12(2)14-5-7-18-16(9-14)11-17-10-15(13(3)4)6-8-19(17)18;1-3-7-12(8-4-1)11-13-9-5-2-6-10-13;1-6-4-3-5-7(6)2;;;/h5-9,12-13H,11H2,1-4H3;1-10H;3-5H,1-2H3;2*1H;/q-1;;-1;;;+2/p-2. The van der Waals surface area contributed by atoms with E-state index in [9.17, 15) is 0 Å². The van der Waals surface area contributed by atoms with Crippen LogP contribution in [-0.4, -0.2) is 3.21 Å². The van der Waals surface area contributed by atoms with Gasteiger partial charge in [0, 0.05) is 0 Å². The van der Waals surface area contributed by atoms with Gasteiger partial charge >= 0.3 is 99.2 Å². The van der Waals surface area contributed by atoms with Crippen molar-refractivity contribution in [3.63, 3.8) is 0 Å². The van der Waals surface area contributed by atoms with Crippen LogP contribution in [0.1, 0.15) is 84.0 Å². The quantitative estimate of drug-likeness (QED) is 0.248. The van der Waals surface area contributed by atoms with Crippen LogP contribution in [0, 0.1) is 19.9 Å². The SMILES string of the molecule is CC(C)c1[c-]c2c(cc1)-c1ccc(C(C)C)cc1C2.Cc1c[cH-]cc1C.[Cl-].[Cl-].[Zr+2]=[C](c1ccccc1)c1ccccc1. The number of halogens is 2. The number of aryl methyl sites for hydroxylation is 2. The molecule has 0 spiro atoms. The maximum atomic E-state index is 3.62. The fourth-order valence-corrected chi connectivity index (χ4v) is 5.65. The molecule has 0 saturated carbocycles. The summed E-state index contributed by atoms with van der Waals surface area (Å²) in [7, 11) is 0. The van der Waals surface area contributed by atoms with Crippen LogP contribution in [0.25, 0.3) is 11.1 Å².